The predicted octanol–water partition coefficient (Wildman–Crippen LogP) is 3.11. The van der Waals surface area contributed by atoms with Gasteiger partial charge < -0.3 is 4.74 Å². The van der Waals surface area contributed by atoms with Crippen LogP contribution in [0.1, 0.15) is 17.8 Å². The van der Waals surface area contributed by atoms with Crippen LogP contribution in [0, 0.1) is 11.7 Å². The Morgan fingerprint density at radius 1 is 1.12 bits per heavy atom. The number of hydrogen-bond donors (Lipinski definition) is 0. The highest BCUT2D eigenvalue weighted by Gasteiger charge is 2.21. The van der Waals surface area contributed by atoms with Gasteiger partial charge in [-0.15, -0.1) is 0 Å². The summed E-state index contributed by atoms with van der Waals surface area (Å²) in [4.78, 5) is 8.80. The van der Waals surface area contributed by atoms with E-state index in [1.165, 1.54) is 12.1 Å². The molecule has 1 aliphatic heterocycles. The second-order valence-corrected chi connectivity index (χ2v) is 6.31. The van der Waals surface area contributed by atoms with Gasteiger partial charge in [0.15, 0.2) is 5.82 Å². The van der Waals surface area contributed by atoms with Gasteiger partial charge in [-0.1, -0.05) is 12.1 Å². The number of halogens is 1. The molecule has 5 nitrogen and oxygen atoms in total. The largest absolute Gasteiger partial charge is 0.381 e. The van der Waals surface area contributed by atoms with Gasteiger partial charge >= 0.3 is 0 Å². The molecule has 3 heterocycles. The van der Waals surface area contributed by atoms with E-state index in [0.717, 1.165) is 43.0 Å². The monoisotopic (exact) mass is 338 g/mol. The van der Waals surface area contributed by atoms with Crippen LogP contribution in [0.2, 0.25) is 0 Å². The lowest BCUT2D eigenvalue weighted by molar-refractivity contribution is 0.185. The first-order valence-electron chi connectivity index (χ1n) is 8.44. The van der Waals surface area contributed by atoms with Gasteiger partial charge in [-0.3, -0.25) is 4.98 Å². The normalized spacial score (nSPS) is 17.1. The van der Waals surface area contributed by atoms with E-state index in [4.69, 9.17) is 9.72 Å². The highest BCUT2D eigenvalue weighted by atomic mass is 19.1. The number of nitrogens with zero attached hydrogens (tertiary/aromatic N) is 4. The Kier molecular flexibility index (Phi) is 4.52. The van der Waals surface area contributed by atoms with Crippen LogP contribution in [0.25, 0.3) is 11.4 Å². The van der Waals surface area contributed by atoms with Crippen LogP contribution < -0.4 is 0 Å². The molecule has 1 saturated heterocycles. The van der Waals surface area contributed by atoms with Crippen LogP contribution in [-0.2, 0) is 17.7 Å². The molecule has 128 valence electrons. The van der Waals surface area contributed by atoms with Crippen LogP contribution in [0.15, 0.2) is 48.8 Å². The summed E-state index contributed by atoms with van der Waals surface area (Å²) in [6.45, 7) is 2.16. The molecule has 0 saturated carbocycles. The quantitative estimate of drug-likeness (QED) is 0.717. The lowest BCUT2D eigenvalue weighted by atomic mass is 10.0. The highest BCUT2D eigenvalue weighted by molar-refractivity contribution is 5.53. The van der Waals surface area contributed by atoms with E-state index in [0.29, 0.717) is 18.3 Å². The Labute approximate surface area is 145 Å². The maximum absolute atomic E-state index is 13.1. The minimum atomic E-state index is -0.233. The Hall–Kier alpha value is -2.60. The first kappa shape index (κ1) is 15.9. The average molecular weight is 338 g/mol. The van der Waals surface area contributed by atoms with E-state index in [1.54, 1.807) is 24.5 Å². The maximum atomic E-state index is 13.1. The molecule has 0 spiro atoms. The Morgan fingerprint density at radius 3 is 2.64 bits per heavy atom. The summed E-state index contributed by atoms with van der Waals surface area (Å²) in [6.07, 6.45) is 5.36. The van der Waals surface area contributed by atoms with Crippen LogP contribution in [0.4, 0.5) is 4.39 Å². The van der Waals surface area contributed by atoms with Crippen molar-refractivity contribution in [3.05, 3.63) is 66.0 Å². The summed E-state index contributed by atoms with van der Waals surface area (Å²) < 4.78 is 20.5. The second kappa shape index (κ2) is 7.11. The van der Waals surface area contributed by atoms with E-state index in [2.05, 4.69) is 10.1 Å². The minimum absolute atomic E-state index is 0.233. The second-order valence-electron chi connectivity index (χ2n) is 6.31. The molecule has 0 amide bonds. The first-order valence-corrected chi connectivity index (χ1v) is 8.44. The lowest BCUT2D eigenvalue weighted by Crippen LogP contribution is -2.12. The Morgan fingerprint density at radius 2 is 1.92 bits per heavy atom. The molecule has 6 heteroatoms. The molecule has 3 aromatic rings. The lowest BCUT2D eigenvalue weighted by Gasteiger charge is -2.09. The van der Waals surface area contributed by atoms with Crippen molar-refractivity contribution in [1.82, 2.24) is 19.7 Å². The number of pyridine rings is 1. The van der Waals surface area contributed by atoms with Crippen molar-refractivity contribution in [2.24, 2.45) is 5.92 Å². The third-order valence-corrected chi connectivity index (χ3v) is 4.43. The highest BCUT2D eigenvalue weighted by Crippen LogP contribution is 2.21. The SMILES string of the molecule is Fc1ccc(Cn2nc(-c3ccncc3)nc2CC2CCOC2)cc1. The molecule has 0 bridgehead atoms. The summed E-state index contributed by atoms with van der Waals surface area (Å²) in [5.74, 6) is 1.87. The summed E-state index contributed by atoms with van der Waals surface area (Å²) in [7, 11) is 0. The molecule has 1 aliphatic rings. The van der Waals surface area contributed by atoms with Crippen molar-refractivity contribution < 1.29 is 9.13 Å². The van der Waals surface area contributed by atoms with Gasteiger partial charge in [0.1, 0.15) is 11.6 Å². The minimum Gasteiger partial charge on any atom is -0.381 e. The van der Waals surface area contributed by atoms with E-state index in [1.807, 2.05) is 16.8 Å². The van der Waals surface area contributed by atoms with E-state index >= 15 is 0 Å². The Bertz CT molecular complexity index is 826. The van der Waals surface area contributed by atoms with Gasteiger partial charge in [0.2, 0.25) is 0 Å². The van der Waals surface area contributed by atoms with Crippen molar-refractivity contribution in [3.63, 3.8) is 0 Å². The van der Waals surface area contributed by atoms with Crippen molar-refractivity contribution in [2.75, 3.05) is 13.2 Å². The number of rotatable bonds is 5. The molecule has 4 rings (SSSR count). The summed E-state index contributed by atoms with van der Waals surface area (Å²) >= 11 is 0. The van der Waals surface area contributed by atoms with Crippen molar-refractivity contribution in [3.8, 4) is 11.4 Å². The third kappa shape index (κ3) is 3.74. The van der Waals surface area contributed by atoms with Crippen LogP contribution in [0.5, 0.6) is 0 Å². The number of aromatic nitrogens is 4. The summed E-state index contributed by atoms with van der Waals surface area (Å²) in [6, 6.07) is 10.3. The molecule has 1 fully saturated rings. The van der Waals surface area contributed by atoms with Crippen LogP contribution >= 0.6 is 0 Å². The topological polar surface area (TPSA) is 52.8 Å². The fraction of sp³-hybridized carbons (Fsp3) is 0.316. The maximum Gasteiger partial charge on any atom is 0.181 e. The van der Waals surface area contributed by atoms with E-state index in [-0.39, 0.29) is 5.82 Å². The van der Waals surface area contributed by atoms with Gasteiger partial charge in [-0.25, -0.2) is 14.1 Å². The van der Waals surface area contributed by atoms with E-state index in [9.17, 15) is 4.39 Å². The molecule has 1 unspecified atom stereocenters. The summed E-state index contributed by atoms with van der Waals surface area (Å²) in [5, 5.41) is 4.68. The zero-order valence-electron chi connectivity index (χ0n) is 13.8. The molecule has 0 N–H and O–H groups in total. The molecule has 1 aromatic carbocycles. The molecule has 25 heavy (non-hydrogen) atoms. The molecule has 0 aliphatic carbocycles. The van der Waals surface area contributed by atoms with E-state index < -0.39 is 0 Å². The molecule has 2 aromatic heterocycles. The molecule has 0 radical (unpaired) electrons. The fourth-order valence-corrected chi connectivity index (χ4v) is 3.04. The first-order chi connectivity index (χ1) is 12.3. The number of hydrogen-bond acceptors (Lipinski definition) is 4. The fourth-order valence-electron chi connectivity index (χ4n) is 3.04. The van der Waals surface area contributed by atoms with Crippen LogP contribution in [0.3, 0.4) is 0 Å². The van der Waals surface area contributed by atoms with Crippen molar-refractivity contribution in [1.29, 1.82) is 0 Å². The zero-order chi connectivity index (χ0) is 17.1. The average Bonchev–Trinajstić information content (AvgIpc) is 3.29. The predicted molar refractivity (Wildman–Crippen MR) is 91.4 cm³/mol. The number of benzene rings is 1. The zero-order valence-corrected chi connectivity index (χ0v) is 13.8. The van der Waals surface area contributed by atoms with Gasteiger partial charge in [-0.2, -0.15) is 5.10 Å². The van der Waals surface area contributed by atoms with Gasteiger partial charge in [0.05, 0.1) is 6.54 Å². The van der Waals surface area contributed by atoms with Crippen LogP contribution in [-0.4, -0.2) is 33.0 Å². The summed E-state index contributed by atoms with van der Waals surface area (Å²) in [5.41, 5.74) is 1.94. The molecule has 1 atom stereocenters. The van der Waals surface area contributed by atoms with Crippen molar-refractivity contribution in [2.45, 2.75) is 19.4 Å². The molecular weight excluding hydrogens is 319 g/mol. The molecular formula is C19H19FN4O. The Balaban J connectivity index is 1.64. The van der Waals surface area contributed by atoms with Gasteiger partial charge in [0.25, 0.3) is 0 Å². The smallest absolute Gasteiger partial charge is 0.181 e. The van der Waals surface area contributed by atoms with Gasteiger partial charge in [0, 0.05) is 37.6 Å². The number of ether oxygens (including phenoxy) is 1. The third-order valence-electron chi connectivity index (χ3n) is 4.43. The van der Waals surface area contributed by atoms with Gasteiger partial charge in [-0.05, 0) is 42.2 Å². The standard InChI is InChI=1S/C19H19FN4O/c20-17-3-1-14(2-4-17)12-24-18(11-15-7-10-25-13-15)22-19(23-24)16-5-8-21-9-6-16/h1-6,8-9,15H,7,10-13H2. The van der Waals surface area contributed by atoms with Crippen molar-refractivity contribution >= 4 is 0 Å².